The first kappa shape index (κ1) is 16.1. The van der Waals surface area contributed by atoms with Crippen LogP contribution in [0.3, 0.4) is 0 Å². The number of likely N-dealkylation sites (tertiary alicyclic amines) is 1. The number of aliphatic carboxylic acids is 1. The Bertz CT molecular complexity index is 411. The highest BCUT2D eigenvalue weighted by molar-refractivity contribution is 5.75. The molecular weight excluding hydrogens is 270 g/mol. The van der Waals surface area contributed by atoms with Gasteiger partial charge in [0.1, 0.15) is 0 Å². The van der Waals surface area contributed by atoms with Gasteiger partial charge in [0.05, 0.1) is 0 Å². The molecule has 120 valence electrons. The van der Waals surface area contributed by atoms with Crippen LogP contribution in [0.15, 0.2) is 0 Å². The molecule has 2 saturated heterocycles. The molecular formula is C15H27N3O3. The van der Waals surface area contributed by atoms with Crippen molar-refractivity contribution in [2.45, 2.75) is 38.6 Å². The number of likely N-dealkylation sites (N-methyl/N-ethyl adjacent to an activating group) is 1. The van der Waals surface area contributed by atoms with E-state index in [9.17, 15) is 9.59 Å². The normalized spacial score (nSPS) is 26.7. The predicted octanol–water partition coefficient (Wildman–Crippen LogP) is 1.32. The molecule has 0 bridgehead atoms. The van der Waals surface area contributed by atoms with E-state index < -0.39 is 5.97 Å². The third-order valence-electron chi connectivity index (χ3n) is 4.84. The lowest BCUT2D eigenvalue weighted by Gasteiger charge is -2.47. The van der Waals surface area contributed by atoms with Crippen LogP contribution in [0.25, 0.3) is 0 Å². The summed E-state index contributed by atoms with van der Waals surface area (Å²) in [7, 11) is 2.09. The van der Waals surface area contributed by atoms with Crippen LogP contribution in [0.1, 0.15) is 33.1 Å². The van der Waals surface area contributed by atoms with E-state index in [-0.39, 0.29) is 23.9 Å². The zero-order chi connectivity index (χ0) is 15.6. The van der Waals surface area contributed by atoms with Gasteiger partial charge in [0.2, 0.25) is 0 Å². The molecule has 1 unspecified atom stereocenters. The van der Waals surface area contributed by atoms with Gasteiger partial charge in [-0.3, -0.25) is 9.69 Å². The van der Waals surface area contributed by atoms with E-state index in [1.165, 1.54) is 0 Å². The second kappa shape index (κ2) is 6.22. The number of urea groups is 1. The minimum absolute atomic E-state index is 0.00976. The number of amides is 2. The maximum atomic E-state index is 12.7. The molecule has 0 aromatic carbocycles. The fourth-order valence-electron chi connectivity index (χ4n) is 3.26. The molecule has 0 aromatic rings. The zero-order valence-electron chi connectivity index (χ0n) is 13.3. The third kappa shape index (κ3) is 3.87. The molecule has 1 N–H and O–H groups in total. The average molecular weight is 297 g/mol. The van der Waals surface area contributed by atoms with Crippen LogP contribution in [0, 0.1) is 5.92 Å². The molecule has 0 saturated carbocycles. The molecule has 21 heavy (non-hydrogen) atoms. The highest BCUT2D eigenvalue weighted by atomic mass is 16.4. The number of hydrogen-bond donors (Lipinski definition) is 1. The Kier molecular flexibility index (Phi) is 4.76. The van der Waals surface area contributed by atoms with Crippen molar-refractivity contribution in [2.75, 3.05) is 39.8 Å². The van der Waals surface area contributed by atoms with E-state index in [0.29, 0.717) is 6.54 Å². The first-order valence-electron chi connectivity index (χ1n) is 7.76. The van der Waals surface area contributed by atoms with Crippen LogP contribution in [-0.2, 0) is 4.79 Å². The summed E-state index contributed by atoms with van der Waals surface area (Å²) >= 11 is 0. The Morgan fingerprint density at radius 3 is 2.52 bits per heavy atom. The van der Waals surface area contributed by atoms with Crippen LogP contribution in [0.2, 0.25) is 0 Å². The van der Waals surface area contributed by atoms with Crippen molar-refractivity contribution < 1.29 is 14.7 Å². The van der Waals surface area contributed by atoms with Crippen LogP contribution >= 0.6 is 0 Å². The number of carboxylic acids is 1. The summed E-state index contributed by atoms with van der Waals surface area (Å²) in [5.74, 6) is -0.671. The number of nitrogens with zero attached hydrogens (tertiary/aromatic N) is 3. The Hall–Kier alpha value is -1.30. The summed E-state index contributed by atoms with van der Waals surface area (Å²) in [6.45, 7) is 7.98. The van der Waals surface area contributed by atoms with Gasteiger partial charge in [0.15, 0.2) is 0 Å². The van der Waals surface area contributed by atoms with Crippen molar-refractivity contribution in [3.63, 3.8) is 0 Å². The molecule has 0 radical (unpaired) electrons. The molecule has 2 aliphatic rings. The molecule has 0 spiro atoms. The molecule has 1 atom stereocenters. The molecule has 2 rings (SSSR count). The second-order valence-corrected chi connectivity index (χ2v) is 6.99. The zero-order valence-corrected chi connectivity index (χ0v) is 13.3. The molecule has 6 heteroatoms. The van der Waals surface area contributed by atoms with Gasteiger partial charge in [0, 0.05) is 44.7 Å². The Labute approximate surface area is 126 Å². The Morgan fingerprint density at radius 1 is 1.19 bits per heavy atom. The van der Waals surface area contributed by atoms with Crippen molar-refractivity contribution in [1.82, 2.24) is 14.7 Å². The summed E-state index contributed by atoms with van der Waals surface area (Å²) in [4.78, 5) is 29.6. The van der Waals surface area contributed by atoms with Crippen LogP contribution < -0.4 is 0 Å². The summed E-state index contributed by atoms with van der Waals surface area (Å²) in [6, 6.07) is 0.0752. The smallest absolute Gasteiger partial charge is 0.320 e. The minimum atomic E-state index is -0.768. The molecule has 0 aromatic heterocycles. The molecule has 2 amide bonds. The lowest BCUT2D eigenvalue weighted by atomic mass is 9.95. The van der Waals surface area contributed by atoms with E-state index in [0.717, 1.165) is 39.0 Å². The lowest BCUT2D eigenvalue weighted by Crippen LogP contribution is -2.61. The van der Waals surface area contributed by atoms with Gasteiger partial charge in [0.25, 0.3) is 0 Å². The van der Waals surface area contributed by atoms with Crippen molar-refractivity contribution in [1.29, 1.82) is 0 Å². The fourth-order valence-corrected chi connectivity index (χ4v) is 3.26. The largest absolute Gasteiger partial charge is 0.481 e. The Morgan fingerprint density at radius 2 is 1.90 bits per heavy atom. The number of piperidine rings is 1. The molecule has 2 aliphatic heterocycles. The van der Waals surface area contributed by atoms with E-state index in [1.807, 2.05) is 9.80 Å². The number of carbonyl (C=O) groups excluding carboxylic acids is 1. The number of rotatable bonds is 2. The van der Waals surface area contributed by atoms with E-state index in [4.69, 9.17) is 5.11 Å². The Balaban J connectivity index is 1.95. The van der Waals surface area contributed by atoms with E-state index in [2.05, 4.69) is 25.8 Å². The SMILES string of the molecule is CN1CCN(C(=O)N2CCCC(CC(=O)O)C2)CC1(C)C. The number of carbonyl (C=O) groups is 2. The first-order chi connectivity index (χ1) is 9.79. The van der Waals surface area contributed by atoms with Crippen LogP contribution in [0.4, 0.5) is 4.79 Å². The lowest BCUT2D eigenvalue weighted by molar-refractivity contribution is -0.138. The standard InChI is InChI=1S/C15H27N3O3/c1-15(2)11-18(8-7-16(15)3)14(21)17-6-4-5-12(10-17)9-13(19)20/h12H,4-11H2,1-3H3,(H,19,20). The van der Waals surface area contributed by atoms with E-state index >= 15 is 0 Å². The van der Waals surface area contributed by atoms with Crippen molar-refractivity contribution >= 4 is 12.0 Å². The van der Waals surface area contributed by atoms with Crippen molar-refractivity contribution in [3.8, 4) is 0 Å². The fraction of sp³-hybridized carbons (Fsp3) is 0.867. The highest BCUT2D eigenvalue weighted by Crippen LogP contribution is 2.23. The van der Waals surface area contributed by atoms with Gasteiger partial charge in [-0.2, -0.15) is 0 Å². The average Bonchev–Trinajstić information content (AvgIpc) is 2.40. The molecule has 0 aliphatic carbocycles. The highest BCUT2D eigenvalue weighted by Gasteiger charge is 2.36. The van der Waals surface area contributed by atoms with E-state index in [1.54, 1.807) is 0 Å². The summed E-state index contributed by atoms with van der Waals surface area (Å²) in [5.41, 5.74) is -0.00976. The van der Waals surface area contributed by atoms with Crippen LogP contribution in [-0.4, -0.2) is 77.1 Å². The quantitative estimate of drug-likeness (QED) is 0.835. The molecule has 6 nitrogen and oxygen atoms in total. The van der Waals surface area contributed by atoms with Gasteiger partial charge in [-0.05, 0) is 39.7 Å². The predicted molar refractivity (Wildman–Crippen MR) is 80.2 cm³/mol. The molecule has 2 fully saturated rings. The first-order valence-corrected chi connectivity index (χ1v) is 7.76. The topological polar surface area (TPSA) is 64.1 Å². The molecule has 2 heterocycles. The monoisotopic (exact) mass is 297 g/mol. The van der Waals surface area contributed by atoms with Gasteiger partial charge in [-0.15, -0.1) is 0 Å². The maximum Gasteiger partial charge on any atom is 0.320 e. The van der Waals surface area contributed by atoms with Gasteiger partial charge < -0.3 is 14.9 Å². The number of piperazine rings is 1. The third-order valence-corrected chi connectivity index (χ3v) is 4.84. The summed E-state index contributed by atoms with van der Waals surface area (Å²) in [6.07, 6.45) is 1.98. The summed E-state index contributed by atoms with van der Waals surface area (Å²) in [5, 5.41) is 8.92. The maximum absolute atomic E-state index is 12.7. The number of carboxylic acid groups (broad SMARTS) is 1. The summed E-state index contributed by atoms with van der Waals surface area (Å²) < 4.78 is 0. The second-order valence-electron chi connectivity index (χ2n) is 6.99. The van der Waals surface area contributed by atoms with Gasteiger partial charge in [-0.1, -0.05) is 0 Å². The van der Waals surface area contributed by atoms with Gasteiger partial charge in [-0.25, -0.2) is 4.79 Å². The van der Waals surface area contributed by atoms with Gasteiger partial charge >= 0.3 is 12.0 Å². The van der Waals surface area contributed by atoms with Crippen molar-refractivity contribution in [3.05, 3.63) is 0 Å². The minimum Gasteiger partial charge on any atom is -0.481 e. The van der Waals surface area contributed by atoms with Crippen LogP contribution in [0.5, 0.6) is 0 Å². The van der Waals surface area contributed by atoms with Crippen molar-refractivity contribution in [2.24, 2.45) is 5.92 Å². The number of hydrogen-bond acceptors (Lipinski definition) is 3.